The maximum atomic E-state index is 11.0. The fourth-order valence-corrected chi connectivity index (χ4v) is 2.30. The van der Waals surface area contributed by atoms with E-state index in [2.05, 4.69) is 22.3 Å². The van der Waals surface area contributed by atoms with Gasteiger partial charge in [-0.15, -0.1) is 0 Å². The Hall–Kier alpha value is -3.08. The predicted molar refractivity (Wildman–Crippen MR) is 86.6 cm³/mol. The van der Waals surface area contributed by atoms with E-state index in [9.17, 15) is 4.79 Å². The first-order valence-corrected chi connectivity index (χ1v) is 7.29. The van der Waals surface area contributed by atoms with Gasteiger partial charge in [0.1, 0.15) is 11.4 Å². The van der Waals surface area contributed by atoms with Crippen LogP contribution in [0.15, 0.2) is 60.7 Å². The summed E-state index contributed by atoms with van der Waals surface area (Å²) >= 11 is 0. The number of nitrogens with zero attached hydrogens (tertiary/aromatic N) is 1. The molecule has 3 rings (SSSR count). The summed E-state index contributed by atoms with van der Waals surface area (Å²) in [5, 5.41) is 15.5. The van der Waals surface area contributed by atoms with Gasteiger partial charge in [0.25, 0.3) is 0 Å². The summed E-state index contributed by atoms with van der Waals surface area (Å²) in [5.74, 6) is -0.349. The highest BCUT2D eigenvalue weighted by Crippen LogP contribution is 2.28. The zero-order valence-corrected chi connectivity index (χ0v) is 12.4. The number of aromatic nitrogens is 2. The number of rotatable bonds is 6. The van der Waals surface area contributed by atoms with E-state index in [0.29, 0.717) is 18.1 Å². The second kappa shape index (κ2) is 6.79. The maximum Gasteiger partial charge on any atom is 0.353 e. The minimum absolute atomic E-state index is 0.0547. The van der Waals surface area contributed by atoms with Crippen LogP contribution in [0, 0.1) is 0 Å². The van der Waals surface area contributed by atoms with E-state index >= 15 is 0 Å². The lowest BCUT2D eigenvalue weighted by atomic mass is 10.1. The number of aromatic amines is 1. The SMILES string of the molecule is O=C(O)c1cc(-c2ccccc2OCCc2ccccc2)n[nH]1. The van der Waals surface area contributed by atoms with Crippen LogP contribution < -0.4 is 4.74 Å². The highest BCUT2D eigenvalue weighted by Gasteiger charge is 2.12. The minimum Gasteiger partial charge on any atom is -0.493 e. The normalized spacial score (nSPS) is 10.4. The van der Waals surface area contributed by atoms with Crippen LogP contribution in [0.3, 0.4) is 0 Å². The number of carbonyl (C=O) groups is 1. The van der Waals surface area contributed by atoms with E-state index in [0.717, 1.165) is 12.0 Å². The van der Waals surface area contributed by atoms with Gasteiger partial charge in [0, 0.05) is 12.0 Å². The van der Waals surface area contributed by atoms with Crippen LogP contribution in [0.1, 0.15) is 16.1 Å². The number of nitrogens with one attached hydrogen (secondary N) is 1. The number of hydrogen-bond acceptors (Lipinski definition) is 3. The minimum atomic E-state index is -1.04. The molecule has 0 amide bonds. The summed E-state index contributed by atoms with van der Waals surface area (Å²) in [6, 6.07) is 19.1. The average molecular weight is 308 g/mol. The van der Waals surface area contributed by atoms with Gasteiger partial charge in [0.15, 0.2) is 0 Å². The molecule has 0 atom stereocenters. The Morgan fingerprint density at radius 1 is 1.09 bits per heavy atom. The van der Waals surface area contributed by atoms with Crippen LogP contribution in [-0.2, 0) is 6.42 Å². The zero-order valence-electron chi connectivity index (χ0n) is 12.4. The van der Waals surface area contributed by atoms with Gasteiger partial charge in [0.2, 0.25) is 0 Å². The molecule has 23 heavy (non-hydrogen) atoms. The smallest absolute Gasteiger partial charge is 0.353 e. The van der Waals surface area contributed by atoms with Crippen LogP contribution in [0.4, 0.5) is 0 Å². The summed E-state index contributed by atoms with van der Waals surface area (Å²) in [5.41, 5.74) is 2.58. The monoisotopic (exact) mass is 308 g/mol. The maximum absolute atomic E-state index is 11.0. The van der Waals surface area contributed by atoms with Gasteiger partial charge in [-0.25, -0.2) is 4.79 Å². The summed E-state index contributed by atoms with van der Waals surface area (Å²) in [6.07, 6.45) is 0.802. The number of H-pyrrole nitrogens is 1. The number of aromatic carboxylic acids is 1. The van der Waals surface area contributed by atoms with Crippen molar-refractivity contribution in [3.05, 3.63) is 71.9 Å². The number of para-hydroxylation sites is 1. The van der Waals surface area contributed by atoms with E-state index in [4.69, 9.17) is 9.84 Å². The van der Waals surface area contributed by atoms with Crippen LogP contribution in [0.25, 0.3) is 11.3 Å². The lowest BCUT2D eigenvalue weighted by Gasteiger charge is -2.10. The van der Waals surface area contributed by atoms with Crippen molar-refractivity contribution in [1.29, 1.82) is 0 Å². The summed E-state index contributed by atoms with van der Waals surface area (Å²) < 4.78 is 5.86. The Morgan fingerprint density at radius 3 is 2.57 bits per heavy atom. The molecular weight excluding hydrogens is 292 g/mol. The number of carboxylic acids is 1. The first kappa shape index (κ1) is 14.8. The molecule has 0 aliphatic heterocycles. The van der Waals surface area contributed by atoms with Crippen molar-refractivity contribution in [2.24, 2.45) is 0 Å². The van der Waals surface area contributed by atoms with Gasteiger partial charge >= 0.3 is 5.97 Å². The molecule has 1 aromatic heterocycles. The van der Waals surface area contributed by atoms with Crippen LogP contribution >= 0.6 is 0 Å². The van der Waals surface area contributed by atoms with Crippen molar-refractivity contribution >= 4 is 5.97 Å². The second-order valence-electron chi connectivity index (χ2n) is 5.05. The van der Waals surface area contributed by atoms with Crippen molar-refractivity contribution in [2.75, 3.05) is 6.61 Å². The molecule has 0 bridgehead atoms. The molecule has 1 heterocycles. The van der Waals surface area contributed by atoms with Gasteiger partial charge in [-0.05, 0) is 23.8 Å². The third-order valence-corrected chi connectivity index (χ3v) is 3.46. The Kier molecular flexibility index (Phi) is 4.38. The number of hydrogen-bond donors (Lipinski definition) is 2. The van der Waals surface area contributed by atoms with Gasteiger partial charge < -0.3 is 9.84 Å². The zero-order chi connectivity index (χ0) is 16.1. The van der Waals surface area contributed by atoms with Crippen molar-refractivity contribution in [3.63, 3.8) is 0 Å². The van der Waals surface area contributed by atoms with Crippen molar-refractivity contribution < 1.29 is 14.6 Å². The Balaban J connectivity index is 1.74. The fourth-order valence-electron chi connectivity index (χ4n) is 2.30. The Morgan fingerprint density at radius 2 is 1.83 bits per heavy atom. The van der Waals surface area contributed by atoms with E-state index in [-0.39, 0.29) is 5.69 Å². The second-order valence-corrected chi connectivity index (χ2v) is 5.05. The quantitative estimate of drug-likeness (QED) is 0.732. The molecule has 0 unspecified atom stereocenters. The highest BCUT2D eigenvalue weighted by molar-refractivity contribution is 5.87. The molecule has 0 spiro atoms. The number of carboxylic acid groups (broad SMARTS) is 1. The standard InChI is InChI=1S/C18H16N2O3/c21-18(22)16-12-15(19-20-16)14-8-4-5-9-17(14)23-11-10-13-6-2-1-3-7-13/h1-9,12H,10-11H2,(H,19,20)(H,21,22). The first-order chi connectivity index (χ1) is 11.2. The lowest BCUT2D eigenvalue weighted by molar-refractivity contribution is 0.0690. The molecule has 5 nitrogen and oxygen atoms in total. The first-order valence-electron chi connectivity index (χ1n) is 7.29. The molecule has 116 valence electrons. The van der Waals surface area contributed by atoms with Crippen molar-refractivity contribution in [2.45, 2.75) is 6.42 Å². The highest BCUT2D eigenvalue weighted by atomic mass is 16.5. The summed E-state index contributed by atoms with van der Waals surface area (Å²) in [7, 11) is 0. The molecular formula is C18H16N2O3. The van der Waals surface area contributed by atoms with E-state index < -0.39 is 5.97 Å². The number of benzene rings is 2. The molecule has 2 N–H and O–H groups in total. The van der Waals surface area contributed by atoms with E-state index in [1.54, 1.807) is 0 Å². The topological polar surface area (TPSA) is 75.2 Å². The number of ether oxygens (including phenoxy) is 1. The predicted octanol–water partition coefficient (Wildman–Crippen LogP) is 3.40. The molecule has 0 aliphatic rings. The van der Waals surface area contributed by atoms with Crippen molar-refractivity contribution in [1.82, 2.24) is 10.2 Å². The largest absolute Gasteiger partial charge is 0.493 e. The molecule has 3 aromatic rings. The lowest BCUT2D eigenvalue weighted by Crippen LogP contribution is -2.02. The van der Waals surface area contributed by atoms with Gasteiger partial charge in [0.05, 0.1) is 12.3 Å². The molecule has 0 aliphatic carbocycles. The van der Waals surface area contributed by atoms with Crippen LogP contribution in [0.2, 0.25) is 0 Å². The molecule has 0 fully saturated rings. The molecule has 0 saturated heterocycles. The fraction of sp³-hybridized carbons (Fsp3) is 0.111. The Bertz CT molecular complexity index is 797. The molecule has 5 heteroatoms. The van der Waals surface area contributed by atoms with Gasteiger partial charge in [-0.3, -0.25) is 5.10 Å². The van der Waals surface area contributed by atoms with E-state index in [1.807, 2.05) is 42.5 Å². The molecule has 0 radical (unpaired) electrons. The molecule has 0 saturated carbocycles. The third kappa shape index (κ3) is 3.58. The van der Waals surface area contributed by atoms with E-state index in [1.165, 1.54) is 11.6 Å². The average Bonchev–Trinajstić information content (AvgIpc) is 3.06. The molecule has 2 aromatic carbocycles. The van der Waals surface area contributed by atoms with Gasteiger partial charge in [-0.2, -0.15) is 5.10 Å². The third-order valence-electron chi connectivity index (χ3n) is 3.46. The van der Waals surface area contributed by atoms with Gasteiger partial charge in [-0.1, -0.05) is 42.5 Å². The van der Waals surface area contributed by atoms with Crippen molar-refractivity contribution in [3.8, 4) is 17.0 Å². The summed E-state index contributed by atoms with van der Waals surface area (Å²) in [6.45, 7) is 0.539. The summed E-state index contributed by atoms with van der Waals surface area (Å²) in [4.78, 5) is 11.0. The van der Waals surface area contributed by atoms with Crippen LogP contribution in [0.5, 0.6) is 5.75 Å². The van der Waals surface area contributed by atoms with Crippen LogP contribution in [-0.4, -0.2) is 27.9 Å². The Labute approximate surface area is 133 Å².